The first-order chi connectivity index (χ1) is 8.36. The van der Waals surface area contributed by atoms with Crippen molar-refractivity contribution in [1.82, 2.24) is 10.2 Å². The Hall–Kier alpha value is -0.120. The number of hydrogen-bond donors (Lipinski definition) is 2. The number of aliphatic hydroxyl groups is 1. The van der Waals surface area contributed by atoms with Crippen LogP contribution in [0.5, 0.6) is 0 Å². The maximum Gasteiger partial charge on any atom is 0.0541 e. The number of aliphatic hydroxyl groups excluding tert-OH is 1. The van der Waals surface area contributed by atoms with Crippen molar-refractivity contribution in [2.75, 3.05) is 26.2 Å². The summed E-state index contributed by atoms with van der Waals surface area (Å²) < 4.78 is 0. The van der Waals surface area contributed by atoms with Gasteiger partial charge in [-0.1, -0.05) is 20.8 Å². The van der Waals surface area contributed by atoms with Crippen LogP contribution in [0.3, 0.4) is 0 Å². The zero-order valence-corrected chi connectivity index (χ0v) is 12.9. The van der Waals surface area contributed by atoms with Crippen molar-refractivity contribution in [3.63, 3.8) is 0 Å². The predicted molar refractivity (Wildman–Crippen MR) is 77.8 cm³/mol. The Morgan fingerprint density at radius 1 is 1.28 bits per heavy atom. The molecule has 2 unspecified atom stereocenters. The summed E-state index contributed by atoms with van der Waals surface area (Å²) in [4.78, 5) is 2.56. The average Bonchev–Trinajstić information content (AvgIpc) is 2.29. The first-order valence-electron chi connectivity index (χ1n) is 7.50. The molecule has 3 heteroatoms. The van der Waals surface area contributed by atoms with Crippen LogP contribution in [-0.2, 0) is 0 Å². The van der Waals surface area contributed by atoms with Crippen molar-refractivity contribution >= 4 is 0 Å². The molecule has 1 rings (SSSR count). The van der Waals surface area contributed by atoms with Gasteiger partial charge in [0, 0.05) is 12.6 Å². The number of nitrogens with one attached hydrogen (secondary N) is 1. The van der Waals surface area contributed by atoms with Crippen LogP contribution in [0.25, 0.3) is 0 Å². The zero-order chi connectivity index (χ0) is 13.8. The highest BCUT2D eigenvalue weighted by Crippen LogP contribution is 2.26. The molecule has 2 N–H and O–H groups in total. The molecule has 0 bridgehead atoms. The summed E-state index contributed by atoms with van der Waals surface area (Å²) >= 11 is 0. The summed E-state index contributed by atoms with van der Waals surface area (Å²) in [5.74, 6) is 0.510. The molecule has 1 saturated heterocycles. The summed E-state index contributed by atoms with van der Waals surface area (Å²) in [5.41, 5.74) is 0.299. The van der Waals surface area contributed by atoms with Crippen LogP contribution >= 0.6 is 0 Å². The quantitative estimate of drug-likeness (QED) is 0.764. The van der Waals surface area contributed by atoms with Gasteiger partial charge < -0.3 is 15.3 Å². The Balaban J connectivity index is 2.40. The van der Waals surface area contributed by atoms with E-state index in [-0.39, 0.29) is 6.10 Å². The van der Waals surface area contributed by atoms with Gasteiger partial charge in [0.2, 0.25) is 0 Å². The van der Waals surface area contributed by atoms with Crippen LogP contribution in [0.2, 0.25) is 0 Å². The van der Waals surface area contributed by atoms with Gasteiger partial charge in [-0.2, -0.15) is 0 Å². The molecular formula is C15H32N2O. The van der Waals surface area contributed by atoms with Gasteiger partial charge in [-0.3, -0.25) is 0 Å². The second-order valence-corrected chi connectivity index (χ2v) is 6.62. The largest absolute Gasteiger partial charge is 0.393 e. The van der Waals surface area contributed by atoms with Crippen molar-refractivity contribution in [3.05, 3.63) is 0 Å². The van der Waals surface area contributed by atoms with Gasteiger partial charge in [0.05, 0.1) is 6.10 Å². The third-order valence-electron chi connectivity index (χ3n) is 4.63. The molecule has 18 heavy (non-hydrogen) atoms. The molecule has 1 heterocycles. The third-order valence-corrected chi connectivity index (χ3v) is 4.63. The fraction of sp³-hybridized carbons (Fsp3) is 1.00. The van der Waals surface area contributed by atoms with E-state index in [0.29, 0.717) is 17.4 Å². The van der Waals surface area contributed by atoms with Crippen molar-refractivity contribution < 1.29 is 5.11 Å². The van der Waals surface area contributed by atoms with E-state index in [9.17, 15) is 5.11 Å². The van der Waals surface area contributed by atoms with Crippen LogP contribution in [0.1, 0.15) is 47.5 Å². The van der Waals surface area contributed by atoms with E-state index in [2.05, 4.69) is 37.9 Å². The van der Waals surface area contributed by atoms with Gasteiger partial charge in [-0.15, -0.1) is 0 Å². The molecule has 0 aromatic carbocycles. The lowest BCUT2D eigenvalue weighted by Gasteiger charge is -2.41. The summed E-state index contributed by atoms with van der Waals surface area (Å²) in [7, 11) is 0. The van der Waals surface area contributed by atoms with Gasteiger partial charge in [0.15, 0.2) is 0 Å². The Bertz CT molecular complexity index is 233. The van der Waals surface area contributed by atoms with E-state index in [1.165, 1.54) is 0 Å². The minimum Gasteiger partial charge on any atom is -0.393 e. The number of rotatable bonds is 6. The van der Waals surface area contributed by atoms with Crippen LogP contribution < -0.4 is 5.32 Å². The third kappa shape index (κ3) is 4.52. The second kappa shape index (κ2) is 6.88. The first-order valence-corrected chi connectivity index (χ1v) is 7.50. The summed E-state index contributed by atoms with van der Waals surface area (Å²) in [6.45, 7) is 15.5. The Morgan fingerprint density at radius 2 is 1.83 bits per heavy atom. The molecule has 2 atom stereocenters. The van der Waals surface area contributed by atoms with Crippen LogP contribution in [0.15, 0.2) is 0 Å². The molecule has 0 aromatic heterocycles. The Kier molecular flexibility index (Phi) is 6.09. The molecule has 0 amide bonds. The Morgan fingerprint density at radius 3 is 2.28 bits per heavy atom. The van der Waals surface area contributed by atoms with Crippen LogP contribution in [-0.4, -0.2) is 48.3 Å². The highest BCUT2D eigenvalue weighted by molar-refractivity contribution is 4.86. The van der Waals surface area contributed by atoms with Gasteiger partial charge in [-0.05, 0) is 57.7 Å². The molecule has 1 fully saturated rings. The predicted octanol–water partition coefficient (Wildman–Crippen LogP) is 2.10. The average molecular weight is 256 g/mol. The maximum absolute atomic E-state index is 9.63. The van der Waals surface area contributed by atoms with E-state index in [4.69, 9.17) is 0 Å². The van der Waals surface area contributed by atoms with Crippen molar-refractivity contribution in [2.24, 2.45) is 11.3 Å². The molecule has 1 aliphatic heterocycles. The smallest absolute Gasteiger partial charge is 0.0541 e. The van der Waals surface area contributed by atoms with Crippen LogP contribution in [0, 0.1) is 11.3 Å². The summed E-state index contributed by atoms with van der Waals surface area (Å²) in [6, 6.07) is 0.539. The molecule has 0 spiro atoms. The van der Waals surface area contributed by atoms with Crippen molar-refractivity contribution in [1.29, 1.82) is 0 Å². The fourth-order valence-electron chi connectivity index (χ4n) is 2.89. The fourth-order valence-corrected chi connectivity index (χ4v) is 2.89. The minimum absolute atomic E-state index is 0.138. The lowest BCUT2D eigenvalue weighted by molar-refractivity contribution is 0.0524. The second-order valence-electron chi connectivity index (χ2n) is 6.62. The topological polar surface area (TPSA) is 35.5 Å². The first kappa shape index (κ1) is 15.9. The molecule has 0 aromatic rings. The number of likely N-dealkylation sites (tertiary alicyclic amines) is 1. The molecule has 0 radical (unpaired) electrons. The standard InChI is InChI=1S/C15H32N2O/c1-6-16-13(3)15(4,5)11-17-9-7-14(8-10-17)12(2)18/h12-14,16,18H,6-11H2,1-5H3. The zero-order valence-electron chi connectivity index (χ0n) is 12.9. The van der Waals surface area contributed by atoms with E-state index in [1.54, 1.807) is 0 Å². The molecule has 1 aliphatic rings. The van der Waals surface area contributed by atoms with E-state index < -0.39 is 0 Å². The monoisotopic (exact) mass is 256 g/mol. The van der Waals surface area contributed by atoms with Gasteiger partial charge in [-0.25, -0.2) is 0 Å². The molecular weight excluding hydrogens is 224 g/mol. The van der Waals surface area contributed by atoms with Gasteiger partial charge in [0.25, 0.3) is 0 Å². The maximum atomic E-state index is 9.63. The highest BCUT2D eigenvalue weighted by Gasteiger charge is 2.30. The van der Waals surface area contributed by atoms with Crippen LogP contribution in [0.4, 0.5) is 0 Å². The van der Waals surface area contributed by atoms with E-state index in [0.717, 1.165) is 39.0 Å². The number of hydrogen-bond acceptors (Lipinski definition) is 3. The molecule has 108 valence electrons. The lowest BCUT2D eigenvalue weighted by atomic mass is 9.83. The van der Waals surface area contributed by atoms with Gasteiger partial charge in [0.1, 0.15) is 0 Å². The Labute approximate surface area is 113 Å². The molecule has 0 aliphatic carbocycles. The normalized spacial score (nSPS) is 23.0. The van der Waals surface area contributed by atoms with Crippen molar-refractivity contribution in [3.8, 4) is 0 Å². The molecule has 0 saturated carbocycles. The summed E-state index contributed by atoms with van der Waals surface area (Å²) in [5, 5.41) is 13.2. The highest BCUT2D eigenvalue weighted by atomic mass is 16.3. The number of piperidine rings is 1. The lowest BCUT2D eigenvalue weighted by Crippen LogP contribution is -2.49. The van der Waals surface area contributed by atoms with Gasteiger partial charge >= 0.3 is 0 Å². The van der Waals surface area contributed by atoms with E-state index >= 15 is 0 Å². The van der Waals surface area contributed by atoms with Crippen molar-refractivity contribution in [2.45, 2.75) is 59.6 Å². The minimum atomic E-state index is -0.138. The SMILES string of the molecule is CCNC(C)C(C)(C)CN1CCC(C(C)O)CC1. The summed E-state index contributed by atoms with van der Waals surface area (Å²) in [6.07, 6.45) is 2.15. The number of nitrogens with zero attached hydrogens (tertiary/aromatic N) is 1. The molecule has 3 nitrogen and oxygen atoms in total. The van der Waals surface area contributed by atoms with E-state index in [1.807, 2.05) is 6.92 Å².